The van der Waals surface area contributed by atoms with E-state index in [4.69, 9.17) is 0 Å². The number of hydrogen-bond acceptors (Lipinski definition) is 6. The summed E-state index contributed by atoms with van der Waals surface area (Å²) in [5.41, 5.74) is 0.752. The van der Waals surface area contributed by atoms with Gasteiger partial charge in [0, 0.05) is 26.2 Å². The predicted molar refractivity (Wildman–Crippen MR) is 105 cm³/mol. The van der Waals surface area contributed by atoms with Crippen LogP contribution in [0, 0.1) is 5.82 Å². The molecule has 28 heavy (non-hydrogen) atoms. The highest BCUT2D eigenvalue weighted by atomic mass is 32.2. The molecule has 148 valence electrons. The second-order valence-electron chi connectivity index (χ2n) is 6.05. The van der Waals surface area contributed by atoms with E-state index in [1.54, 1.807) is 17.5 Å². The fraction of sp³-hybridized carbons (Fsp3) is 0.222. The number of nitrogens with zero attached hydrogens (tertiary/aromatic N) is 1. The number of carbonyl (C=O) groups is 2. The Morgan fingerprint density at radius 1 is 1.29 bits per heavy atom. The Labute approximate surface area is 165 Å². The molecule has 0 spiro atoms. The average Bonchev–Trinajstić information content (AvgIpc) is 3.10. The van der Waals surface area contributed by atoms with Crippen LogP contribution in [-0.4, -0.2) is 33.2 Å². The van der Waals surface area contributed by atoms with E-state index in [0.717, 1.165) is 21.8 Å². The summed E-state index contributed by atoms with van der Waals surface area (Å²) in [7, 11) is -4.13. The first-order chi connectivity index (χ1) is 13.3. The normalized spacial score (nSPS) is 16.7. The predicted octanol–water partition coefficient (Wildman–Crippen LogP) is 1.99. The van der Waals surface area contributed by atoms with Crippen LogP contribution in [0.1, 0.15) is 22.2 Å². The highest BCUT2D eigenvalue weighted by Crippen LogP contribution is 2.39. The molecule has 0 unspecified atom stereocenters. The van der Waals surface area contributed by atoms with Crippen LogP contribution >= 0.6 is 11.3 Å². The van der Waals surface area contributed by atoms with Gasteiger partial charge in [-0.15, -0.1) is 11.3 Å². The van der Waals surface area contributed by atoms with Crippen molar-refractivity contribution in [2.75, 3.05) is 17.4 Å². The molecule has 3 rings (SSSR count). The second kappa shape index (κ2) is 8.11. The van der Waals surface area contributed by atoms with Crippen LogP contribution in [0.4, 0.5) is 10.1 Å². The van der Waals surface area contributed by atoms with Crippen molar-refractivity contribution < 1.29 is 22.4 Å². The molecule has 1 aliphatic rings. The van der Waals surface area contributed by atoms with Crippen molar-refractivity contribution in [3.63, 3.8) is 0 Å². The number of allylic oxidation sites excluding steroid dienone is 1. The minimum Gasteiger partial charge on any atom is -0.388 e. The Hall–Kier alpha value is -2.72. The zero-order valence-electron chi connectivity index (χ0n) is 14.9. The lowest BCUT2D eigenvalue weighted by molar-refractivity contribution is -0.118. The van der Waals surface area contributed by atoms with Crippen molar-refractivity contribution in [2.24, 2.45) is 0 Å². The molecule has 0 saturated heterocycles. The van der Waals surface area contributed by atoms with Crippen molar-refractivity contribution in [1.82, 2.24) is 10.6 Å². The van der Waals surface area contributed by atoms with Crippen molar-refractivity contribution in [3.05, 3.63) is 63.1 Å². The third kappa shape index (κ3) is 4.07. The van der Waals surface area contributed by atoms with Crippen molar-refractivity contribution >= 4 is 38.7 Å². The summed E-state index contributed by atoms with van der Waals surface area (Å²) in [4.78, 5) is 23.5. The molecule has 0 fully saturated rings. The maximum absolute atomic E-state index is 13.5. The third-order valence-corrected chi connectivity index (χ3v) is 6.67. The Morgan fingerprint density at radius 2 is 2.07 bits per heavy atom. The standard InChI is InChI=1S/C18H18FN3O4S2/c1-12(23)21-7-6-20-10-16-17(24)18-15(5-8-27-18)22(28(16,25)26)11-13-3-2-4-14(19)9-13/h2-5,8-10,20H,6-7,11H2,1H3,(H,21,23). The molecule has 0 bridgehead atoms. The number of nitrogens with one attached hydrogen (secondary N) is 2. The summed E-state index contributed by atoms with van der Waals surface area (Å²) in [6, 6.07) is 7.22. The van der Waals surface area contributed by atoms with E-state index in [9.17, 15) is 22.4 Å². The fourth-order valence-corrected chi connectivity index (χ4v) is 5.24. The molecule has 7 nitrogen and oxygen atoms in total. The first-order valence-corrected chi connectivity index (χ1v) is 10.7. The van der Waals surface area contributed by atoms with E-state index in [1.165, 1.54) is 25.1 Å². The first-order valence-electron chi connectivity index (χ1n) is 8.38. The summed E-state index contributed by atoms with van der Waals surface area (Å²) in [6.07, 6.45) is 1.15. The van der Waals surface area contributed by atoms with Crippen molar-refractivity contribution in [3.8, 4) is 0 Å². The number of ketones is 1. The van der Waals surface area contributed by atoms with Gasteiger partial charge in [0.25, 0.3) is 10.0 Å². The highest BCUT2D eigenvalue weighted by Gasteiger charge is 2.41. The molecular formula is C18H18FN3O4S2. The zero-order valence-corrected chi connectivity index (χ0v) is 16.6. The van der Waals surface area contributed by atoms with Gasteiger partial charge in [-0.2, -0.15) is 0 Å². The third-order valence-electron chi connectivity index (χ3n) is 4.00. The smallest absolute Gasteiger partial charge is 0.270 e. The summed E-state index contributed by atoms with van der Waals surface area (Å²) in [5.74, 6) is -1.27. The minimum atomic E-state index is -4.13. The van der Waals surface area contributed by atoms with Crippen LogP contribution in [0.2, 0.25) is 0 Å². The monoisotopic (exact) mass is 423 g/mol. The number of halogens is 1. The summed E-state index contributed by atoms with van der Waals surface area (Å²) in [6.45, 7) is 1.81. The molecule has 0 radical (unpaired) electrons. The molecule has 1 aliphatic heterocycles. The molecule has 0 aliphatic carbocycles. The van der Waals surface area contributed by atoms with Crippen LogP contribution in [0.25, 0.3) is 0 Å². The van der Waals surface area contributed by atoms with Crippen LogP contribution in [0.15, 0.2) is 46.8 Å². The summed E-state index contributed by atoms with van der Waals surface area (Å²) >= 11 is 1.15. The van der Waals surface area contributed by atoms with Crippen LogP contribution in [0.5, 0.6) is 0 Å². The topological polar surface area (TPSA) is 95.6 Å². The van der Waals surface area contributed by atoms with Gasteiger partial charge in [0.1, 0.15) is 10.7 Å². The van der Waals surface area contributed by atoms with Gasteiger partial charge < -0.3 is 10.6 Å². The number of carbonyl (C=O) groups excluding carboxylic acids is 2. The largest absolute Gasteiger partial charge is 0.388 e. The molecule has 1 aromatic carbocycles. The fourth-order valence-electron chi connectivity index (χ4n) is 2.73. The molecule has 0 saturated carbocycles. The molecule has 2 aromatic rings. The van der Waals surface area contributed by atoms with E-state index in [1.807, 2.05) is 0 Å². The lowest BCUT2D eigenvalue weighted by Gasteiger charge is -2.29. The number of Topliss-reactive ketones (excluding diaryl/α,β-unsaturated/α-hetero) is 1. The average molecular weight is 423 g/mol. The number of anilines is 1. The second-order valence-corrected chi connectivity index (χ2v) is 8.80. The van der Waals surface area contributed by atoms with E-state index >= 15 is 0 Å². The van der Waals surface area contributed by atoms with Crippen molar-refractivity contribution in [1.29, 1.82) is 0 Å². The lowest BCUT2D eigenvalue weighted by Crippen LogP contribution is -2.39. The van der Waals surface area contributed by atoms with Crippen LogP contribution in [0.3, 0.4) is 0 Å². The molecule has 1 amide bonds. The van der Waals surface area contributed by atoms with Gasteiger partial charge in [0.15, 0.2) is 4.91 Å². The molecule has 2 heterocycles. The van der Waals surface area contributed by atoms with E-state index in [-0.39, 0.29) is 36.1 Å². The Bertz CT molecular complexity index is 1050. The number of sulfonamides is 1. The van der Waals surface area contributed by atoms with Gasteiger partial charge in [-0.1, -0.05) is 12.1 Å². The maximum Gasteiger partial charge on any atom is 0.270 e. The SMILES string of the molecule is CC(=O)NCCNC=C1C(=O)c2sccc2N(Cc2cccc(F)c2)S1(=O)=O. The minimum absolute atomic E-state index is 0.0969. The van der Waals surface area contributed by atoms with Crippen molar-refractivity contribution in [2.45, 2.75) is 13.5 Å². The molecule has 0 atom stereocenters. The van der Waals surface area contributed by atoms with Gasteiger partial charge in [-0.3, -0.25) is 13.9 Å². The lowest BCUT2D eigenvalue weighted by atomic mass is 10.2. The number of rotatable bonds is 6. The summed E-state index contributed by atoms with van der Waals surface area (Å²) < 4.78 is 40.8. The van der Waals surface area contributed by atoms with Gasteiger partial charge in [-0.05, 0) is 29.1 Å². The molecule has 1 aromatic heterocycles. The first kappa shape index (κ1) is 20.0. The molecule has 10 heteroatoms. The molecular weight excluding hydrogens is 405 g/mol. The van der Waals surface area contributed by atoms with Gasteiger partial charge >= 0.3 is 0 Å². The Kier molecular flexibility index (Phi) is 5.80. The number of amides is 1. The molecule has 2 N–H and O–H groups in total. The Balaban J connectivity index is 1.91. The van der Waals surface area contributed by atoms with Gasteiger partial charge in [0.05, 0.1) is 12.2 Å². The van der Waals surface area contributed by atoms with Gasteiger partial charge in [-0.25, -0.2) is 12.8 Å². The summed E-state index contributed by atoms with van der Waals surface area (Å²) in [5, 5.41) is 6.96. The quantitative estimate of drug-likeness (QED) is 0.547. The highest BCUT2D eigenvalue weighted by molar-refractivity contribution is 7.97. The van der Waals surface area contributed by atoms with Crippen LogP contribution < -0.4 is 14.9 Å². The van der Waals surface area contributed by atoms with E-state index in [2.05, 4.69) is 10.6 Å². The van der Waals surface area contributed by atoms with E-state index < -0.39 is 21.6 Å². The van der Waals surface area contributed by atoms with E-state index in [0.29, 0.717) is 10.4 Å². The van der Waals surface area contributed by atoms with Gasteiger partial charge in [0.2, 0.25) is 11.7 Å². The number of hydrogen-bond donors (Lipinski definition) is 2. The van der Waals surface area contributed by atoms with Crippen LogP contribution in [-0.2, 0) is 21.4 Å². The Morgan fingerprint density at radius 3 is 2.79 bits per heavy atom. The number of fused-ring (bicyclic) bond motifs is 1. The number of thiophene rings is 1. The zero-order chi connectivity index (χ0) is 20.3. The number of benzene rings is 1. The maximum atomic E-state index is 13.5.